The second-order valence-electron chi connectivity index (χ2n) is 6.32. The van der Waals surface area contributed by atoms with Crippen LogP contribution in [0.2, 0.25) is 5.28 Å². The Morgan fingerprint density at radius 2 is 1.97 bits per heavy atom. The predicted molar refractivity (Wildman–Crippen MR) is 109 cm³/mol. The van der Waals surface area contributed by atoms with Gasteiger partial charge in [-0.2, -0.15) is 27.1 Å². The van der Waals surface area contributed by atoms with Crippen LogP contribution in [-0.4, -0.2) is 48.1 Å². The molecule has 0 aliphatic heterocycles. The molecule has 3 aromatic heterocycles. The summed E-state index contributed by atoms with van der Waals surface area (Å²) in [5.41, 5.74) is 5.47. The summed E-state index contributed by atoms with van der Waals surface area (Å²) in [7, 11) is 1.80. The van der Waals surface area contributed by atoms with Crippen molar-refractivity contribution in [1.82, 2.24) is 24.3 Å². The van der Waals surface area contributed by atoms with E-state index in [1.54, 1.807) is 17.8 Å². The number of alkyl halides is 3. The summed E-state index contributed by atoms with van der Waals surface area (Å²) in [6.07, 6.45) is -5.45. The van der Waals surface area contributed by atoms with Gasteiger partial charge in [-0.15, -0.1) is 11.3 Å². The molecule has 0 aliphatic rings. The molecule has 0 saturated carbocycles. The molecule has 3 aromatic rings. The van der Waals surface area contributed by atoms with Crippen LogP contribution in [-0.2, 0) is 24.8 Å². The Kier molecular flexibility index (Phi) is 8.51. The maximum Gasteiger partial charge on any atom is 0.490 e. The molecule has 0 unspecified atom stereocenters. The third kappa shape index (κ3) is 6.72. The number of hydrogen-bond acceptors (Lipinski definition) is 6. The molecule has 0 atom stereocenters. The number of nitrogens with one attached hydrogen (secondary N) is 1. The molecule has 3 rings (SSSR count). The highest BCUT2D eigenvalue weighted by atomic mass is 35.5. The van der Waals surface area contributed by atoms with Gasteiger partial charge in [0, 0.05) is 30.5 Å². The number of nitrogens with zero attached hydrogens (tertiary/aromatic N) is 4. The Balaban J connectivity index is 0.000000479. The first-order chi connectivity index (χ1) is 15.3. The average Bonchev–Trinajstić information content (AvgIpc) is 3.41. The molecule has 0 spiro atoms. The van der Waals surface area contributed by atoms with E-state index in [1.165, 1.54) is 15.9 Å². The molecule has 0 aromatic carbocycles. The van der Waals surface area contributed by atoms with Gasteiger partial charge in [0.15, 0.2) is 0 Å². The van der Waals surface area contributed by atoms with Crippen LogP contribution in [0.25, 0.3) is 10.6 Å². The Morgan fingerprint density at radius 3 is 2.45 bits per heavy atom. The van der Waals surface area contributed by atoms with Crippen LogP contribution < -0.4 is 11.4 Å². The Hall–Kier alpha value is -3.04. The lowest BCUT2D eigenvalue weighted by Gasteiger charge is -2.06. The zero-order valence-corrected chi connectivity index (χ0v) is 18.2. The number of rotatable bonds is 6. The van der Waals surface area contributed by atoms with E-state index < -0.39 is 23.9 Å². The minimum atomic E-state index is -5.08. The number of carboxylic acid groups (broad SMARTS) is 1. The molecule has 4 N–H and O–H groups in total. The van der Waals surface area contributed by atoms with E-state index in [4.69, 9.17) is 27.2 Å². The number of hydrogen-bond donors (Lipinski definition) is 3. The lowest BCUT2D eigenvalue weighted by Crippen LogP contribution is -2.21. The Labute approximate surface area is 190 Å². The van der Waals surface area contributed by atoms with Crippen LogP contribution in [0.3, 0.4) is 0 Å². The second kappa shape index (κ2) is 10.7. The topological polar surface area (TPSA) is 132 Å². The quantitative estimate of drug-likeness (QED) is 0.433. The summed E-state index contributed by atoms with van der Waals surface area (Å²) in [5.74, 6) is -2.55. The number of halogens is 6. The third-order valence-electron chi connectivity index (χ3n) is 4.12. The highest BCUT2D eigenvalue weighted by molar-refractivity contribution is 7.15. The molecule has 0 amide bonds. The number of aromatic amines is 1. The van der Waals surface area contributed by atoms with Gasteiger partial charge in [-0.25, -0.2) is 19.7 Å². The van der Waals surface area contributed by atoms with Gasteiger partial charge in [-0.05, 0) is 23.7 Å². The molecule has 0 bridgehead atoms. The number of carboxylic acids is 1. The lowest BCUT2D eigenvalue weighted by atomic mass is 10.2. The first-order valence-corrected chi connectivity index (χ1v) is 9.98. The van der Waals surface area contributed by atoms with Crippen LogP contribution >= 0.6 is 22.9 Å². The van der Waals surface area contributed by atoms with E-state index in [9.17, 15) is 26.7 Å². The maximum absolute atomic E-state index is 12.8. The van der Waals surface area contributed by atoms with E-state index >= 15 is 0 Å². The van der Waals surface area contributed by atoms with Gasteiger partial charge in [-0.3, -0.25) is 4.57 Å². The van der Waals surface area contributed by atoms with Crippen LogP contribution in [0.1, 0.15) is 10.7 Å². The van der Waals surface area contributed by atoms with Crippen LogP contribution in [0, 0.1) is 0 Å². The number of thiophene rings is 1. The summed E-state index contributed by atoms with van der Waals surface area (Å²) < 4.78 is 60.5. The lowest BCUT2D eigenvalue weighted by molar-refractivity contribution is -0.192. The Morgan fingerprint density at radius 1 is 1.33 bits per heavy atom. The zero-order valence-electron chi connectivity index (χ0n) is 16.7. The predicted octanol–water partition coefficient (Wildman–Crippen LogP) is 3.02. The first-order valence-electron chi connectivity index (χ1n) is 8.78. The standard InChI is InChI=1S/C15H15ClF2N6OS.C2HF3O2/c1-23-10(6-20-14(23)16)11-3-2-9(26-11)7-24-12(21-22-15(24)25)4-8(5-19)13(17)18;3-2(4,5)1(6)7/h2-3,6H,4-5,7,19H2,1H3,(H,22,25);(H,6,7). The SMILES string of the molecule is Cn1c(-c2ccc(Cn3c(CC(CN)=C(F)F)n[nH]c3=O)s2)cnc1Cl.O=C(O)C(F)(F)F. The van der Waals surface area contributed by atoms with E-state index in [0.717, 1.165) is 15.4 Å². The largest absolute Gasteiger partial charge is 0.490 e. The van der Waals surface area contributed by atoms with E-state index in [0.29, 0.717) is 5.28 Å². The summed E-state index contributed by atoms with van der Waals surface area (Å²) in [6.45, 7) is -0.0829. The van der Waals surface area contributed by atoms with E-state index in [-0.39, 0.29) is 30.9 Å². The van der Waals surface area contributed by atoms with Crippen LogP contribution in [0.4, 0.5) is 22.0 Å². The van der Waals surface area contributed by atoms with Crippen molar-refractivity contribution in [3.05, 3.63) is 56.5 Å². The first kappa shape index (κ1) is 26.2. The molecule has 3 heterocycles. The number of aromatic nitrogens is 5. The fourth-order valence-electron chi connectivity index (χ4n) is 2.43. The summed E-state index contributed by atoms with van der Waals surface area (Å²) in [4.78, 5) is 26.7. The van der Waals surface area contributed by atoms with Gasteiger partial charge >= 0.3 is 17.8 Å². The van der Waals surface area contributed by atoms with Crippen molar-refractivity contribution < 1.29 is 31.9 Å². The second-order valence-corrected chi connectivity index (χ2v) is 7.82. The number of nitrogens with two attached hydrogens (primary N) is 1. The van der Waals surface area contributed by atoms with Gasteiger partial charge < -0.3 is 15.4 Å². The van der Waals surface area contributed by atoms with Crippen molar-refractivity contribution in [2.75, 3.05) is 6.54 Å². The molecular weight excluding hydrogens is 499 g/mol. The summed E-state index contributed by atoms with van der Waals surface area (Å²) in [5, 5.41) is 13.6. The number of imidazole rings is 1. The maximum atomic E-state index is 12.8. The van der Waals surface area contributed by atoms with Crippen LogP contribution in [0.5, 0.6) is 0 Å². The summed E-state index contributed by atoms with van der Waals surface area (Å²) in [6, 6.07) is 3.75. The molecule has 180 valence electrons. The fraction of sp³-hybridized carbons (Fsp3) is 0.294. The van der Waals surface area contributed by atoms with E-state index in [1.807, 2.05) is 12.1 Å². The van der Waals surface area contributed by atoms with Crippen molar-refractivity contribution in [3.8, 4) is 10.6 Å². The molecule has 33 heavy (non-hydrogen) atoms. The molecule has 0 radical (unpaired) electrons. The Bertz CT molecular complexity index is 1210. The van der Waals surface area contributed by atoms with Crippen molar-refractivity contribution in [1.29, 1.82) is 0 Å². The highest BCUT2D eigenvalue weighted by Gasteiger charge is 2.38. The number of aliphatic carboxylic acids is 1. The third-order valence-corrected chi connectivity index (χ3v) is 5.57. The van der Waals surface area contributed by atoms with Gasteiger partial charge in [0.2, 0.25) is 5.28 Å². The van der Waals surface area contributed by atoms with E-state index in [2.05, 4.69) is 15.2 Å². The minimum Gasteiger partial charge on any atom is -0.475 e. The smallest absolute Gasteiger partial charge is 0.475 e. The average molecular weight is 515 g/mol. The van der Waals surface area contributed by atoms with Gasteiger partial charge in [-0.1, -0.05) is 0 Å². The van der Waals surface area contributed by atoms with Crippen molar-refractivity contribution in [2.24, 2.45) is 12.8 Å². The summed E-state index contributed by atoms with van der Waals surface area (Å²) >= 11 is 7.41. The van der Waals surface area contributed by atoms with Crippen LogP contribution in [0.15, 0.2) is 34.8 Å². The molecule has 9 nitrogen and oxygen atoms in total. The van der Waals surface area contributed by atoms with Gasteiger partial charge in [0.1, 0.15) is 5.82 Å². The van der Waals surface area contributed by atoms with Crippen molar-refractivity contribution in [2.45, 2.75) is 19.1 Å². The molecular formula is C17H16ClF5N6O3S. The molecule has 16 heteroatoms. The minimum absolute atomic E-state index is 0.187. The number of H-pyrrole nitrogens is 1. The monoisotopic (exact) mass is 514 g/mol. The normalized spacial score (nSPS) is 11.2. The van der Waals surface area contributed by atoms with Gasteiger partial charge in [0.25, 0.3) is 6.08 Å². The van der Waals surface area contributed by atoms with Crippen molar-refractivity contribution >= 4 is 28.9 Å². The zero-order chi connectivity index (χ0) is 24.9. The molecule has 0 aliphatic carbocycles. The van der Waals surface area contributed by atoms with Crippen molar-refractivity contribution in [3.63, 3.8) is 0 Å². The van der Waals surface area contributed by atoms with Gasteiger partial charge in [0.05, 0.1) is 23.3 Å². The number of carbonyl (C=O) groups is 1. The highest BCUT2D eigenvalue weighted by Crippen LogP contribution is 2.29. The molecule has 0 fully saturated rings. The fourth-order valence-corrected chi connectivity index (χ4v) is 3.61. The molecule has 0 saturated heterocycles.